The van der Waals surface area contributed by atoms with Crippen LogP contribution >= 0.6 is 0 Å². The number of benzene rings is 2. The normalized spacial score (nSPS) is 10.8. The molecule has 0 amide bonds. The van der Waals surface area contributed by atoms with E-state index in [0.29, 0.717) is 13.1 Å². The molecule has 0 atom stereocenters. The van der Waals surface area contributed by atoms with Crippen LogP contribution in [0.5, 0.6) is 0 Å². The van der Waals surface area contributed by atoms with E-state index in [4.69, 9.17) is 0 Å². The lowest BCUT2D eigenvalue weighted by atomic mass is 10.1. The number of hydrogen-bond donors (Lipinski definition) is 0. The van der Waals surface area contributed by atoms with Crippen molar-refractivity contribution in [2.24, 2.45) is 0 Å². The lowest BCUT2D eigenvalue weighted by molar-refractivity contribution is -0.384. The van der Waals surface area contributed by atoms with Gasteiger partial charge in [0.2, 0.25) is 11.6 Å². The van der Waals surface area contributed by atoms with Gasteiger partial charge in [-0.2, -0.15) is 5.10 Å². The summed E-state index contributed by atoms with van der Waals surface area (Å²) in [4.78, 5) is 22.2. The maximum Gasteiger partial charge on any atom is 0.355 e. The molecule has 0 bridgehead atoms. The molecule has 0 saturated heterocycles. The van der Waals surface area contributed by atoms with Crippen LogP contribution in [-0.2, 0) is 13.1 Å². The molecule has 2 aromatic heterocycles. The summed E-state index contributed by atoms with van der Waals surface area (Å²) in [6, 6.07) is 21.5. The van der Waals surface area contributed by atoms with Crippen LogP contribution in [0.1, 0.15) is 22.5 Å². The molecule has 0 radical (unpaired) electrons. The predicted octanol–water partition coefficient (Wildman–Crippen LogP) is 4.39. The zero-order chi connectivity index (χ0) is 21.8. The summed E-state index contributed by atoms with van der Waals surface area (Å²) in [5.41, 5.74) is 3.42. The molecule has 0 unspecified atom stereocenters. The molecule has 0 fully saturated rings. The molecular weight excluding hydrogens is 392 g/mol. The molecule has 8 heteroatoms. The van der Waals surface area contributed by atoms with Gasteiger partial charge in [-0.25, -0.2) is 14.6 Å². The Labute approximate surface area is 180 Å². The van der Waals surface area contributed by atoms with Gasteiger partial charge in [-0.15, -0.1) is 0 Å². The molecule has 0 aliphatic rings. The van der Waals surface area contributed by atoms with Gasteiger partial charge >= 0.3 is 5.69 Å². The fourth-order valence-electron chi connectivity index (χ4n) is 3.57. The van der Waals surface area contributed by atoms with Crippen molar-refractivity contribution in [1.82, 2.24) is 19.7 Å². The van der Waals surface area contributed by atoms with Crippen LogP contribution in [0.3, 0.4) is 0 Å². The number of nitrogens with zero attached hydrogens (tertiary/aromatic N) is 6. The monoisotopic (exact) mass is 414 g/mol. The van der Waals surface area contributed by atoms with Gasteiger partial charge in [0.15, 0.2) is 0 Å². The van der Waals surface area contributed by atoms with Crippen molar-refractivity contribution in [3.8, 4) is 5.82 Å². The lowest BCUT2D eigenvalue weighted by Crippen LogP contribution is -2.25. The van der Waals surface area contributed by atoms with Gasteiger partial charge in [-0.3, -0.25) is 10.1 Å². The molecule has 2 aromatic carbocycles. The van der Waals surface area contributed by atoms with Gasteiger partial charge < -0.3 is 4.90 Å². The minimum absolute atomic E-state index is 0.159. The van der Waals surface area contributed by atoms with E-state index in [2.05, 4.69) is 15.1 Å². The highest BCUT2D eigenvalue weighted by Crippen LogP contribution is 2.33. The Morgan fingerprint density at radius 3 is 2.00 bits per heavy atom. The van der Waals surface area contributed by atoms with Crippen LogP contribution in [0, 0.1) is 24.0 Å². The SMILES string of the molecule is Cc1cc(C)n(-c2ncnc(N(Cc3ccccc3)Cc3ccccc3)c2[N+](=O)[O-])n1. The third-order valence-electron chi connectivity index (χ3n) is 4.91. The number of aryl methyl sites for hydroxylation is 2. The van der Waals surface area contributed by atoms with Gasteiger partial charge in [0.05, 0.1) is 10.6 Å². The molecule has 2 heterocycles. The fourth-order valence-corrected chi connectivity index (χ4v) is 3.57. The van der Waals surface area contributed by atoms with Crippen LogP contribution in [0.4, 0.5) is 11.5 Å². The van der Waals surface area contributed by atoms with Gasteiger partial charge in [-0.1, -0.05) is 60.7 Å². The fraction of sp³-hybridized carbons (Fsp3) is 0.174. The van der Waals surface area contributed by atoms with Crippen LogP contribution in [0.2, 0.25) is 0 Å². The third-order valence-corrected chi connectivity index (χ3v) is 4.91. The molecule has 4 aromatic rings. The molecule has 0 aliphatic carbocycles. The second-order valence-electron chi connectivity index (χ2n) is 7.29. The standard InChI is InChI=1S/C23H22N6O2/c1-17-13-18(2)28(26-17)23-21(29(30)31)22(24-16-25-23)27(14-19-9-5-3-6-10-19)15-20-11-7-4-8-12-20/h3-13,16H,14-15H2,1-2H3. The van der Waals surface area contributed by atoms with Gasteiger partial charge in [-0.05, 0) is 31.0 Å². The maximum absolute atomic E-state index is 12.2. The third kappa shape index (κ3) is 4.42. The Morgan fingerprint density at radius 2 is 1.52 bits per heavy atom. The first-order valence-corrected chi connectivity index (χ1v) is 9.89. The molecular formula is C23H22N6O2. The topological polar surface area (TPSA) is 90.0 Å². The van der Waals surface area contributed by atoms with E-state index >= 15 is 0 Å². The minimum atomic E-state index is -0.426. The van der Waals surface area contributed by atoms with E-state index < -0.39 is 4.92 Å². The van der Waals surface area contributed by atoms with Crippen LogP contribution in [0.15, 0.2) is 73.1 Å². The largest absolute Gasteiger partial charge is 0.355 e. The van der Waals surface area contributed by atoms with Crippen LogP contribution in [0.25, 0.3) is 5.82 Å². The van der Waals surface area contributed by atoms with E-state index in [-0.39, 0.29) is 17.3 Å². The van der Waals surface area contributed by atoms with Crippen molar-refractivity contribution in [2.75, 3.05) is 4.90 Å². The molecule has 0 aliphatic heterocycles. The molecule has 8 nitrogen and oxygen atoms in total. The minimum Gasteiger partial charge on any atom is -0.342 e. The van der Waals surface area contributed by atoms with Gasteiger partial charge in [0.1, 0.15) is 6.33 Å². The summed E-state index contributed by atoms with van der Waals surface area (Å²) in [7, 11) is 0. The molecule has 4 rings (SSSR count). The molecule has 0 N–H and O–H groups in total. The highest BCUT2D eigenvalue weighted by molar-refractivity contribution is 5.65. The van der Waals surface area contributed by atoms with Crippen LogP contribution < -0.4 is 4.90 Å². The molecule has 0 spiro atoms. The van der Waals surface area contributed by atoms with Crippen molar-refractivity contribution in [1.29, 1.82) is 0 Å². The Bertz CT molecular complexity index is 1150. The van der Waals surface area contributed by atoms with Crippen molar-refractivity contribution in [2.45, 2.75) is 26.9 Å². The van der Waals surface area contributed by atoms with Gasteiger partial charge in [0, 0.05) is 18.8 Å². The van der Waals surface area contributed by atoms with Crippen molar-refractivity contribution in [3.63, 3.8) is 0 Å². The lowest BCUT2D eigenvalue weighted by Gasteiger charge is -2.24. The first-order chi connectivity index (χ1) is 15.0. The summed E-state index contributed by atoms with van der Waals surface area (Å²) >= 11 is 0. The number of hydrogen-bond acceptors (Lipinski definition) is 6. The summed E-state index contributed by atoms with van der Waals surface area (Å²) in [5.74, 6) is 0.419. The summed E-state index contributed by atoms with van der Waals surface area (Å²) in [6.45, 7) is 4.61. The number of anilines is 1. The average Bonchev–Trinajstić information content (AvgIpc) is 3.12. The van der Waals surface area contributed by atoms with E-state index in [1.807, 2.05) is 85.5 Å². The predicted molar refractivity (Wildman–Crippen MR) is 118 cm³/mol. The Morgan fingerprint density at radius 1 is 0.935 bits per heavy atom. The van der Waals surface area contributed by atoms with Crippen molar-refractivity contribution >= 4 is 11.5 Å². The molecule has 31 heavy (non-hydrogen) atoms. The quantitative estimate of drug-likeness (QED) is 0.329. The summed E-state index contributed by atoms with van der Waals surface area (Å²) < 4.78 is 1.50. The zero-order valence-corrected chi connectivity index (χ0v) is 17.3. The average molecular weight is 414 g/mol. The Kier molecular flexibility index (Phi) is 5.70. The van der Waals surface area contributed by atoms with E-state index in [1.54, 1.807) is 0 Å². The van der Waals surface area contributed by atoms with E-state index in [0.717, 1.165) is 22.5 Å². The number of aromatic nitrogens is 4. The highest BCUT2D eigenvalue weighted by Gasteiger charge is 2.29. The smallest absolute Gasteiger partial charge is 0.342 e. The Balaban J connectivity index is 1.84. The highest BCUT2D eigenvalue weighted by atomic mass is 16.6. The van der Waals surface area contributed by atoms with Crippen molar-refractivity contribution in [3.05, 3.63) is 106 Å². The maximum atomic E-state index is 12.2. The van der Waals surface area contributed by atoms with Gasteiger partial charge in [0.25, 0.3) is 0 Å². The Hall–Kier alpha value is -4.07. The second kappa shape index (κ2) is 8.74. The summed E-state index contributed by atoms with van der Waals surface area (Å²) in [5, 5.41) is 16.6. The summed E-state index contributed by atoms with van der Waals surface area (Å²) in [6.07, 6.45) is 1.36. The van der Waals surface area contributed by atoms with E-state index in [9.17, 15) is 10.1 Å². The van der Waals surface area contributed by atoms with Crippen molar-refractivity contribution < 1.29 is 4.92 Å². The second-order valence-corrected chi connectivity index (χ2v) is 7.29. The molecule has 0 saturated carbocycles. The number of nitro groups is 1. The van der Waals surface area contributed by atoms with Crippen LogP contribution in [-0.4, -0.2) is 24.7 Å². The number of rotatable bonds is 7. The first kappa shape index (κ1) is 20.2. The zero-order valence-electron chi connectivity index (χ0n) is 17.3. The van der Waals surface area contributed by atoms with E-state index in [1.165, 1.54) is 11.0 Å². The first-order valence-electron chi connectivity index (χ1n) is 9.89. The molecule has 156 valence electrons.